The molecule has 1 saturated heterocycles. The molecule has 3 rings (SSSR count). The summed E-state index contributed by atoms with van der Waals surface area (Å²) in [5.41, 5.74) is 4.75. The number of nitrogens with zero attached hydrogens (tertiary/aromatic N) is 5. The first-order valence-electron chi connectivity index (χ1n) is 8.20. The number of carboxylic acid groups (broad SMARTS) is 1. The molecule has 134 valence electrons. The van der Waals surface area contributed by atoms with Crippen LogP contribution in [0.2, 0.25) is 0 Å². The monoisotopic (exact) mass is 346 g/mol. The van der Waals surface area contributed by atoms with Crippen LogP contribution in [-0.4, -0.2) is 50.0 Å². The first kappa shape index (κ1) is 17.0. The van der Waals surface area contributed by atoms with Crippen LogP contribution in [-0.2, 0) is 10.3 Å². The second-order valence-corrected chi connectivity index (χ2v) is 6.36. The number of aliphatic carboxylic acids is 1. The van der Waals surface area contributed by atoms with Crippen molar-refractivity contribution in [2.24, 2.45) is 0 Å². The third-order valence-corrected chi connectivity index (χ3v) is 4.32. The van der Waals surface area contributed by atoms with Crippen LogP contribution in [0.1, 0.15) is 26.7 Å². The molecule has 2 aromatic rings. The van der Waals surface area contributed by atoms with Crippen molar-refractivity contribution in [3.8, 4) is 5.88 Å². The van der Waals surface area contributed by atoms with Gasteiger partial charge in [0, 0.05) is 44.4 Å². The lowest BCUT2D eigenvalue weighted by Gasteiger charge is -2.39. The summed E-state index contributed by atoms with van der Waals surface area (Å²) in [5.74, 6) is 0.319. The number of hydrogen-bond acceptors (Lipinski definition) is 7. The number of carbonyl (C=O) groups is 1. The molecule has 25 heavy (non-hydrogen) atoms. The van der Waals surface area contributed by atoms with Crippen molar-refractivity contribution in [2.45, 2.75) is 38.3 Å². The molecule has 1 fully saturated rings. The third-order valence-electron chi connectivity index (χ3n) is 4.32. The highest BCUT2D eigenvalue weighted by Gasteiger charge is 2.44. The van der Waals surface area contributed by atoms with Gasteiger partial charge in [0.25, 0.3) is 0 Å². The van der Waals surface area contributed by atoms with Crippen LogP contribution in [0.15, 0.2) is 24.5 Å². The third kappa shape index (κ3) is 3.35. The minimum absolute atomic E-state index is 0.0250. The number of piperidine rings is 1. The number of hydrogen-bond donors (Lipinski definition) is 2. The lowest BCUT2D eigenvalue weighted by Crippen LogP contribution is -2.51. The molecule has 3 N–H and O–H groups in total. The molecule has 0 radical (unpaired) electrons. The molecule has 0 aliphatic carbocycles. The van der Waals surface area contributed by atoms with Gasteiger partial charge in [-0.25, -0.2) is 4.79 Å². The number of carboxylic acids is 1. The molecule has 0 spiro atoms. The number of nitrogens with two attached hydrogens (primary N) is 1. The zero-order chi connectivity index (χ0) is 18.0. The quantitative estimate of drug-likeness (QED) is 0.826. The summed E-state index contributed by atoms with van der Waals surface area (Å²) >= 11 is 0. The van der Waals surface area contributed by atoms with E-state index >= 15 is 0 Å². The second-order valence-electron chi connectivity index (χ2n) is 6.36. The molecule has 1 aliphatic heterocycles. The van der Waals surface area contributed by atoms with Crippen molar-refractivity contribution >= 4 is 17.7 Å². The van der Waals surface area contributed by atoms with Crippen molar-refractivity contribution < 1.29 is 14.6 Å². The molecule has 1 aliphatic rings. The molecule has 0 amide bonds. The lowest BCUT2D eigenvalue weighted by molar-refractivity contribution is -0.149. The fourth-order valence-electron chi connectivity index (χ4n) is 3.06. The maximum absolute atomic E-state index is 11.9. The van der Waals surface area contributed by atoms with Crippen molar-refractivity contribution in [1.29, 1.82) is 0 Å². The van der Waals surface area contributed by atoms with E-state index in [-0.39, 0.29) is 12.1 Å². The first-order valence-corrected chi connectivity index (χ1v) is 8.20. The molecule has 0 unspecified atom stereocenters. The standard InChI is InChI=1S/C16H22N6O3/c1-11(2)25-13-10-12(19-15(17)20-13)21-8-4-16(5-9-21,14(23)24)22-7-3-6-18-22/h3,6-7,10-11H,4-5,8-9H2,1-2H3,(H,23,24)(H2,17,19,20). The number of nitrogen functional groups attached to an aromatic ring is 1. The highest BCUT2D eigenvalue weighted by Crippen LogP contribution is 2.32. The first-order chi connectivity index (χ1) is 11.9. The van der Waals surface area contributed by atoms with Crippen LogP contribution in [0.4, 0.5) is 11.8 Å². The van der Waals surface area contributed by atoms with Gasteiger partial charge in [0.05, 0.1) is 6.10 Å². The molecule has 2 aromatic heterocycles. The number of anilines is 2. The van der Waals surface area contributed by atoms with E-state index in [4.69, 9.17) is 10.5 Å². The van der Waals surface area contributed by atoms with Crippen LogP contribution in [0, 0.1) is 0 Å². The van der Waals surface area contributed by atoms with Gasteiger partial charge in [-0.3, -0.25) is 4.68 Å². The summed E-state index contributed by atoms with van der Waals surface area (Å²) in [5, 5.41) is 13.9. The van der Waals surface area contributed by atoms with Gasteiger partial charge in [0.2, 0.25) is 11.8 Å². The maximum atomic E-state index is 11.9. The predicted molar refractivity (Wildman–Crippen MR) is 91.5 cm³/mol. The van der Waals surface area contributed by atoms with Crippen LogP contribution in [0.5, 0.6) is 5.88 Å². The van der Waals surface area contributed by atoms with Crippen molar-refractivity contribution in [3.63, 3.8) is 0 Å². The second kappa shape index (κ2) is 6.58. The molecule has 3 heterocycles. The molecule has 9 heteroatoms. The van der Waals surface area contributed by atoms with E-state index in [1.54, 1.807) is 24.5 Å². The van der Waals surface area contributed by atoms with Crippen LogP contribution in [0.25, 0.3) is 0 Å². The molecule has 9 nitrogen and oxygen atoms in total. The normalized spacial score (nSPS) is 16.8. The Morgan fingerprint density at radius 1 is 1.36 bits per heavy atom. The summed E-state index contributed by atoms with van der Waals surface area (Å²) in [6.07, 6.45) is 4.09. The Bertz CT molecular complexity index is 738. The van der Waals surface area contributed by atoms with Crippen LogP contribution in [0.3, 0.4) is 0 Å². The van der Waals surface area contributed by atoms with Crippen molar-refractivity contribution in [1.82, 2.24) is 19.7 Å². The van der Waals surface area contributed by atoms with Gasteiger partial charge in [-0.2, -0.15) is 15.1 Å². The Labute approximate surface area is 145 Å². The van der Waals surface area contributed by atoms with Crippen molar-refractivity contribution in [2.75, 3.05) is 23.7 Å². The minimum atomic E-state index is -1.03. The summed E-state index contributed by atoms with van der Waals surface area (Å²) in [6, 6.07) is 3.47. The largest absolute Gasteiger partial charge is 0.479 e. The smallest absolute Gasteiger partial charge is 0.331 e. The predicted octanol–water partition coefficient (Wildman–Crippen LogP) is 1.12. The Balaban J connectivity index is 1.80. The highest BCUT2D eigenvalue weighted by molar-refractivity contribution is 5.77. The summed E-state index contributed by atoms with van der Waals surface area (Å²) in [6.45, 7) is 4.85. The Morgan fingerprint density at radius 3 is 2.64 bits per heavy atom. The minimum Gasteiger partial charge on any atom is -0.479 e. The van der Waals surface area contributed by atoms with Gasteiger partial charge in [-0.15, -0.1) is 0 Å². The summed E-state index contributed by atoms with van der Waals surface area (Å²) < 4.78 is 7.13. The molecule has 0 saturated carbocycles. The van der Waals surface area contributed by atoms with E-state index < -0.39 is 11.5 Å². The zero-order valence-corrected chi connectivity index (χ0v) is 14.3. The SMILES string of the molecule is CC(C)Oc1cc(N2CCC(C(=O)O)(n3cccn3)CC2)nc(N)n1. The number of aromatic nitrogens is 4. The van der Waals surface area contributed by atoms with Gasteiger partial charge in [-0.05, 0) is 19.9 Å². The van der Waals surface area contributed by atoms with E-state index in [1.165, 1.54) is 4.68 Å². The van der Waals surface area contributed by atoms with E-state index in [2.05, 4.69) is 15.1 Å². The van der Waals surface area contributed by atoms with Gasteiger partial charge in [0.1, 0.15) is 5.82 Å². The fourth-order valence-corrected chi connectivity index (χ4v) is 3.06. The van der Waals surface area contributed by atoms with Gasteiger partial charge in [0.15, 0.2) is 5.54 Å². The highest BCUT2D eigenvalue weighted by atomic mass is 16.5. The molecule has 0 atom stereocenters. The Hall–Kier alpha value is -2.84. The van der Waals surface area contributed by atoms with Crippen LogP contribution >= 0.6 is 0 Å². The van der Waals surface area contributed by atoms with E-state index in [0.29, 0.717) is 37.6 Å². The van der Waals surface area contributed by atoms with Gasteiger partial charge < -0.3 is 20.5 Å². The molecular formula is C16H22N6O3. The molecular weight excluding hydrogens is 324 g/mol. The van der Waals surface area contributed by atoms with Crippen molar-refractivity contribution in [3.05, 3.63) is 24.5 Å². The summed E-state index contributed by atoms with van der Waals surface area (Å²) in [7, 11) is 0. The molecule has 0 aromatic carbocycles. The van der Waals surface area contributed by atoms with Crippen LogP contribution < -0.4 is 15.4 Å². The van der Waals surface area contributed by atoms with E-state index in [1.807, 2.05) is 18.7 Å². The number of ether oxygens (including phenoxy) is 1. The van der Waals surface area contributed by atoms with Gasteiger partial charge in [-0.1, -0.05) is 0 Å². The Kier molecular flexibility index (Phi) is 4.47. The van der Waals surface area contributed by atoms with E-state index in [0.717, 1.165) is 0 Å². The van der Waals surface area contributed by atoms with E-state index in [9.17, 15) is 9.90 Å². The molecule has 0 bridgehead atoms. The summed E-state index contributed by atoms with van der Waals surface area (Å²) in [4.78, 5) is 22.2. The Morgan fingerprint density at radius 2 is 2.08 bits per heavy atom. The topological polar surface area (TPSA) is 119 Å². The fraction of sp³-hybridized carbons (Fsp3) is 0.500. The average Bonchev–Trinajstić information content (AvgIpc) is 3.08. The van der Waals surface area contributed by atoms with Gasteiger partial charge >= 0.3 is 5.97 Å². The average molecular weight is 346 g/mol. The zero-order valence-electron chi connectivity index (χ0n) is 14.3. The lowest BCUT2D eigenvalue weighted by atomic mass is 9.87. The maximum Gasteiger partial charge on any atom is 0.331 e. The number of rotatable bonds is 5.